The van der Waals surface area contributed by atoms with Crippen molar-refractivity contribution in [3.8, 4) is 5.75 Å². The first-order valence-electron chi connectivity index (χ1n) is 8.87. The van der Waals surface area contributed by atoms with Crippen molar-refractivity contribution in [2.24, 2.45) is 0 Å². The van der Waals surface area contributed by atoms with Crippen molar-refractivity contribution >= 4 is 22.4 Å². The van der Waals surface area contributed by atoms with Gasteiger partial charge in [0.05, 0.1) is 29.4 Å². The number of alkyl halides is 3. The van der Waals surface area contributed by atoms with Crippen molar-refractivity contribution in [2.45, 2.75) is 12.7 Å². The largest absolute Gasteiger partial charge is 0.489 e. The van der Waals surface area contributed by atoms with E-state index in [1.807, 2.05) is 0 Å². The molecule has 1 amide bonds. The fourth-order valence-corrected chi connectivity index (χ4v) is 2.73. The minimum Gasteiger partial charge on any atom is -0.489 e. The maximum atomic E-state index is 13.1. The van der Waals surface area contributed by atoms with Crippen molar-refractivity contribution in [2.75, 3.05) is 25.6 Å². The van der Waals surface area contributed by atoms with Gasteiger partial charge in [0.2, 0.25) is 5.91 Å². The Morgan fingerprint density at radius 3 is 2.67 bits per heavy atom. The number of aromatic nitrogens is 2. The molecule has 10 heteroatoms. The molecule has 1 aromatic heterocycles. The summed E-state index contributed by atoms with van der Waals surface area (Å²) in [4.78, 5) is 24.9. The average Bonchev–Trinajstić information content (AvgIpc) is 2.71. The van der Waals surface area contributed by atoms with Gasteiger partial charge in [0, 0.05) is 12.5 Å². The van der Waals surface area contributed by atoms with Gasteiger partial charge in [0.15, 0.2) is 0 Å². The van der Waals surface area contributed by atoms with Crippen LogP contribution in [-0.2, 0) is 22.3 Å². The number of fused-ring (bicyclic) bond motifs is 1. The van der Waals surface area contributed by atoms with E-state index in [-0.39, 0.29) is 24.7 Å². The normalized spacial score (nSPS) is 11.5. The summed E-state index contributed by atoms with van der Waals surface area (Å²) >= 11 is 0. The van der Waals surface area contributed by atoms with Crippen LogP contribution >= 0.6 is 0 Å². The number of nitrogens with one attached hydrogen (secondary N) is 1. The maximum Gasteiger partial charge on any atom is 0.416 e. The number of carbonyl (C=O) groups excluding carboxylic acids is 1. The van der Waals surface area contributed by atoms with Crippen molar-refractivity contribution in [3.63, 3.8) is 0 Å². The van der Waals surface area contributed by atoms with Crippen LogP contribution in [0.2, 0.25) is 0 Å². The Labute approximate surface area is 169 Å². The number of carbonyl (C=O) groups is 1. The third kappa shape index (κ3) is 4.95. The molecule has 3 rings (SSSR count). The summed E-state index contributed by atoms with van der Waals surface area (Å²) in [5.41, 5.74) is -1.60. The Hall–Kier alpha value is -3.40. The van der Waals surface area contributed by atoms with E-state index in [0.717, 1.165) is 22.9 Å². The molecule has 0 spiro atoms. The van der Waals surface area contributed by atoms with E-state index >= 15 is 0 Å². The quantitative estimate of drug-likeness (QED) is 0.593. The van der Waals surface area contributed by atoms with Gasteiger partial charge in [-0.2, -0.15) is 18.3 Å². The molecule has 0 aliphatic rings. The monoisotopic (exact) mass is 421 g/mol. The lowest BCUT2D eigenvalue weighted by molar-refractivity contribution is -0.137. The van der Waals surface area contributed by atoms with Gasteiger partial charge < -0.3 is 14.8 Å². The van der Waals surface area contributed by atoms with Crippen molar-refractivity contribution < 1.29 is 27.4 Å². The Bertz CT molecular complexity index is 1110. The average molecular weight is 421 g/mol. The molecule has 0 aliphatic carbocycles. The van der Waals surface area contributed by atoms with E-state index < -0.39 is 29.8 Å². The van der Waals surface area contributed by atoms with Crippen molar-refractivity contribution in [1.82, 2.24) is 9.78 Å². The minimum atomic E-state index is -4.60. The molecule has 7 nitrogen and oxygen atoms in total. The molecule has 0 radical (unpaired) electrons. The number of hydrogen-bond acceptors (Lipinski definition) is 5. The first-order chi connectivity index (χ1) is 14.3. The summed E-state index contributed by atoms with van der Waals surface area (Å²) in [6.45, 7) is -0.182. The number of rotatable bonds is 7. The molecule has 30 heavy (non-hydrogen) atoms. The first kappa shape index (κ1) is 21.3. The molecule has 0 fully saturated rings. The summed E-state index contributed by atoms with van der Waals surface area (Å²) < 4.78 is 50.4. The Balaban J connectivity index is 1.84. The molecule has 1 heterocycles. The van der Waals surface area contributed by atoms with Gasteiger partial charge in [-0.05, 0) is 24.3 Å². The van der Waals surface area contributed by atoms with Crippen LogP contribution in [0.15, 0.2) is 53.5 Å². The second kappa shape index (κ2) is 8.95. The molecule has 0 bridgehead atoms. The summed E-state index contributed by atoms with van der Waals surface area (Å²) in [7, 11) is 1.45. The number of ether oxygens (including phenoxy) is 2. The zero-order valence-electron chi connectivity index (χ0n) is 15.9. The number of hydrogen-bond donors (Lipinski definition) is 1. The minimum absolute atomic E-state index is 0.0483. The van der Waals surface area contributed by atoms with Gasteiger partial charge in [0.1, 0.15) is 18.9 Å². The molecule has 1 N–H and O–H groups in total. The van der Waals surface area contributed by atoms with Crippen LogP contribution in [0, 0.1) is 0 Å². The summed E-state index contributed by atoms with van der Waals surface area (Å²) in [5, 5.41) is 7.31. The molecule has 3 aromatic rings. The second-order valence-corrected chi connectivity index (χ2v) is 6.29. The molecular weight excluding hydrogens is 403 g/mol. The topological polar surface area (TPSA) is 82.4 Å². The fraction of sp³-hybridized carbons (Fsp3) is 0.250. The van der Waals surface area contributed by atoms with E-state index in [1.54, 1.807) is 24.3 Å². The standard InChI is InChI=1S/C20H18F3N3O4/c1-29-8-9-30-17-7-6-14(20(21,22)23)10-16(17)25-18(27)12-26-19(28)15-5-3-2-4-13(15)11-24-26/h2-7,10-11H,8-9,12H2,1H3,(H,25,27). The Morgan fingerprint density at radius 1 is 1.17 bits per heavy atom. The van der Waals surface area contributed by atoms with Crippen LogP contribution in [0.3, 0.4) is 0 Å². The highest BCUT2D eigenvalue weighted by Crippen LogP contribution is 2.35. The molecule has 0 saturated carbocycles. The molecule has 0 saturated heterocycles. The molecule has 0 aliphatic heterocycles. The van der Waals surface area contributed by atoms with Crippen LogP contribution in [0.4, 0.5) is 18.9 Å². The van der Waals surface area contributed by atoms with Gasteiger partial charge in [-0.15, -0.1) is 0 Å². The van der Waals surface area contributed by atoms with E-state index in [2.05, 4.69) is 10.4 Å². The van der Waals surface area contributed by atoms with Crippen molar-refractivity contribution in [3.05, 3.63) is 64.6 Å². The Morgan fingerprint density at radius 2 is 1.93 bits per heavy atom. The van der Waals surface area contributed by atoms with Crippen molar-refractivity contribution in [1.29, 1.82) is 0 Å². The lowest BCUT2D eigenvalue weighted by Crippen LogP contribution is -2.29. The highest BCUT2D eigenvalue weighted by atomic mass is 19.4. The van der Waals surface area contributed by atoms with E-state index in [9.17, 15) is 22.8 Å². The van der Waals surface area contributed by atoms with Crippen LogP contribution in [0.5, 0.6) is 5.75 Å². The van der Waals surface area contributed by atoms with Gasteiger partial charge in [0.25, 0.3) is 5.56 Å². The number of methoxy groups -OCH3 is 1. The van der Waals surface area contributed by atoms with Crippen LogP contribution in [-0.4, -0.2) is 36.0 Å². The number of amides is 1. The highest BCUT2D eigenvalue weighted by Gasteiger charge is 2.31. The molecule has 0 unspecified atom stereocenters. The maximum absolute atomic E-state index is 13.1. The molecular formula is C20H18F3N3O4. The van der Waals surface area contributed by atoms with Gasteiger partial charge >= 0.3 is 6.18 Å². The van der Waals surface area contributed by atoms with E-state index in [4.69, 9.17) is 9.47 Å². The number of halogens is 3. The summed E-state index contributed by atoms with van der Waals surface area (Å²) in [6.07, 6.45) is -3.16. The lowest BCUT2D eigenvalue weighted by Gasteiger charge is -2.15. The van der Waals surface area contributed by atoms with E-state index in [0.29, 0.717) is 10.8 Å². The third-order valence-electron chi connectivity index (χ3n) is 4.18. The SMILES string of the molecule is COCCOc1ccc(C(F)(F)F)cc1NC(=O)Cn1ncc2ccccc2c1=O. The molecule has 0 atom stereocenters. The summed E-state index contributed by atoms with van der Waals surface area (Å²) in [5.74, 6) is -0.678. The zero-order chi connectivity index (χ0) is 21.7. The van der Waals surface area contributed by atoms with Crippen LogP contribution in [0.1, 0.15) is 5.56 Å². The number of nitrogens with zero attached hydrogens (tertiary/aromatic N) is 2. The predicted octanol–water partition coefficient (Wildman–Crippen LogP) is 3.08. The second-order valence-electron chi connectivity index (χ2n) is 6.29. The number of anilines is 1. The third-order valence-corrected chi connectivity index (χ3v) is 4.18. The van der Waals surface area contributed by atoms with Crippen LogP contribution < -0.4 is 15.6 Å². The first-order valence-corrected chi connectivity index (χ1v) is 8.87. The van der Waals surface area contributed by atoms with Crippen LogP contribution in [0.25, 0.3) is 10.8 Å². The fourth-order valence-electron chi connectivity index (χ4n) is 2.73. The molecule has 158 valence electrons. The van der Waals surface area contributed by atoms with Gasteiger partial charge in [-0.1, -0.05) is 18.2 Å². The van der Waals surface area contributed by atoms with E-state index in [1.165, 1.54) is 13.3 Å². The van der Waals surface area contributed by atoms with Gasteiger partial charge in [-0.3, -0.25) is 9.59 Å². The smallest absolute Gasteiger partial charge is 0.416 e. The predicted molar refractivity (Wildman–Crippen MR) is 103 cm³/mol. The lowest BCUT2D eigenvalue weighted by atomic mass is 10.1. The Kier molecular flexibility index (Phi) is 6.36. The highest BCUT2D eigenvalue weighted by molar-refractivity contribution is 5.92. The zero-order valence-corrected chi connectivity index (χ0v) is 15.9. The van der Waals surface area contributed by atoms with Gasteiger partial charge in [-0.25, -0.2) is 4.68 Å². The number of benzene rings is 2. The summed E-state index contributed by atoms with van der Waals surface area (Å²) in [6, 6.07) is 9.49. The molecule has 2 aromatic carbocycles.